The summed E-state index contributed by atoms with van der Waals surface area (Å²) in [6.45, 7) is 4.80. The number of amides is 1. The van der Waals surface area contributed by atoms with E-state index in [1.54, 1.807) is 17.0 Å². The number of benzene rings is 1. The van der Waals surface area contributed by atoms with Gasteiger partial charge in [-0.3, -0.25) is 4.79 Å². The van der Waals surface area contributed by atoms with E-state index in [4.69, 9.17) is 5.73 Å². The number of carbonyl (C=O) groups excluding carboxylic acids is 1. The van der Waals surface area contributed by atoms with Gasteiger partial charge in [0.2, 0.25) is 5.91 Å². The van der Waals surface area contributed by atoms with Crippen molar-refractivity contribution in [1.29, 1.82) is 0 Å². The number of hydrogen-bond acceptors (Lipinski definition) is 2. The molecule has 0 radical (unpaired) electrons. The lowest BCUT2D eigenvalue weighted by Gasteiger charge is -2.22. The van der Waals surface area contributed by atoms with Crippen molar-refractivity contribution in [2.45, 2.75) is 20.3 Å². The average molecular weight is 238 g/mol. The van der Waals surface area contributed by atoms with E-state index in [0.29, 0.717) is 25.2 Å². The fourth-order valence-electron chi connectivity index (χ4n) is 1.64. The van der Waals surface area contributed by atoms with Crippen molar-refractivity contribution in [3.05, 3.63) is 30.1 Å². The molecule has 0 heterocycles. The van der Waals surface area contributed by atoms with E-state index < -0.39 is 0 Å². The van der Waals surface area contributed by atoms with E-state index >= 15 is 0 Å². The Morgan fingerprint density at radius 1 is 1.53 bits per heavy atom. The normalized spacial score (nSPS) is 12.2. The Balaban J connectivity index is 2.81. The molecule has 0 aliphatic rings. The molecule has 0 saturated heterocycles. The van der Waals surface area contributed by atoms with E-state index in [-0.39, 0.29) is 17.6 Å². The molecule has 0 bridgehead atoms. The summed E-state index contributed by atoms with van der Waals surface area (Å²) in [6.07, 6.45) is 0.390. The first-order chi connectivity index (χ1) is 8.08. The van der Waals surface area contributed by atoms with Crippen LogP contribution in [0, 0.1) is 11.7 Å². The topological polar surface area (TPSA) is 46.3 Å². The van der Waals surface area contributed by atoms with Crippen LogP contribution in [0.1, 0.15) is 20.3 Å². The summed E-state index contributed by atoms with van der Waals surface area (Å²) >= 11 is 0. The van der Waals surface area contributed by atoms with E-state index in [1.807, 2.05) is 13.8 Å². The van der Waals surface area contributed by atoms with E-state index in [1.165, 1.54) is 12.1 Å². The molecule has 1 aromatic rings. The van der Waals surface area contributed by atoms with Crippen LogP contribution in [0.5, 0.6) is 0 Å². The van der Waals surface area contributed by atoms with Gasteiger partial charge < -0.3 is 10.6 Å². The number of carbonyl (C=O) groups is 1. The summed E-state index contributed by atoms with van der Waals surface area (Å²) in [5.41, 5.74) is 6.09. The zero-order valence-electron chi connectivity index (χ0n) is 10.3. The molecule has 1 rings (SSSR count). The summed E-state index contributed by atoms with van der Waals surface area (Å²) in [4.78, 5) is 13.6. The van der Waals surface area contributed by atoms with Crippen LogP contribution in [0.4, 0.5) is 10.1 Å². The second-order valence-corrected chi connectivity index (χ2v) is 4.16. The van der Waals surface area contributed by atoms with Crippen LogP contribution in [-0.2, 0) is 4.79 Å². The fourth-order valence-corrected chi connectivity index (χ4v) is 1.64. The molecule has 3 nitrogen and oxygen atoms in total. The molecule has 94 valence electrons. The third kappa shape index (κ3) is 3.82. The van der Waals surface area contributed by atoms with Crippen LogP contribution in [0.3, 0.4) is 0 Å². The van der Waals surface area contributed by atoms with Crippen LogP contribution in [0.25, 0.3) is 0 Å². The van der Waals surface area contributed by atoms with Crippen LogP contribution < -0.4 is 10.6 Å². The Labute approximate surface area is 101 Å². The zero-order valence-corrected chi connectivity index (χ0v) is 10.3. The number of rotatable bonds is 5. The summed E-state index contributed by atoms with van der Waals surface area (Å²) in [5, 5.41) is 0. The van der Waals surface area contributed by atoms with Crippen LogP contribution in [0.15, 0.2) is 24.3 Å². The van der Waals surface area contributed by atoms with Crippen molar-refractivity contribution in [1.82, 2.24) is 0 Å². The van der Waals surface area contributed by atoms with Gasteiger partial charge in [-0.25, -0.2) is 4.39 Å². The van der Waals surface area contributed by atoms with Crippen LogP contribution in [-0.4, -0.2) is 19.0 Å². The largest absolute Gasteiger partial charge is 0.330 e. The van der Waals surface area contributed by atoms with Gasteiger partial charge in [-0.2, -0.15) is 0 Å². The Bertz CT molecular complexity index is 381. The fraction of sp³-hybridized carbons (Fsp3) is 0.462. The first kappa shape index (κ1) is 13.6. The average Bonchev–Trinajstić information content (AvgIpc) is 2.30. The van der Waals surface area contributed by atoms with Gasteiger partial charge in [-0.15, -0.1) is 0 Å². The highest BCUT2D eigenvalue weighted by Gasteiger charge is 2.16. The van der Waals surface area contributed by atoms with Gasteiger partial charge in [0.1, 0.15) is 5.82 Å². The summed E-state index contributed by atoms with van der Waals surface area (Å²) < 4.78 is 13.1. The van der Waals surface area contributed by atoms with Gasteiger partial charge in [0, 0.05) is 18.7 Å². The molecule has 0 aliphatic heterocycles. The minimum absolute atomic E-state index is 0.0175. The second kappa shape index (κ2) is 6.35. The standard InChI is InChI=1S/C13H19FN2O/c1-3-16(13(17)7-10(2)9-15)12-6-4-5-11(14)8-12/h4-6,8,10H,3,7,9,15H2,1-2H3. The summed E-state index contributed by atoms with van der Waals surface area (Å²) in [7, 11) is 0. The zero-order chi connectivity index (χ0) is 12.8. The molecule has 1 unspecified atom stereocenters. The maximum Gasteiger partial charge on any atom is 0.227 e. The number of anilines is 1. The van der Waals surface area contributed by atoms with Crippen molar-refractivity contribution in [3.63, 3.8) is 0 Å². The van der Waals surface area contributed by atoms with E-state index in [2.05, 4.69) is 0 Å². The molecule has 0 spiro atoms. The minimum atomic E-state index is -0.333. The molecular weight excluding hydrogens is 219 g/mol. The first-order valence-electron chi connectivity index (χ1n) is 5.84. The monoisotopic (exact) mass is 238 g/mol. The molecule has 17 heavy (non-hydrogen) atoms. The Hall–Kier alpha value is -1.42. The van der Waals surface area contributed by atoms with Crippen molar-refractivity contribution in [2.75, 3.05) is 18.0 Å². The van der Waals surface area contributed by atoms with Gasteiger partial charge >= 0.3 is 0 Å². The number of nitrogens with zero attached hydrogens (tertiary/aromatic N) is 1. The maximum absolute atomic E-state index is 13.1. The number of hydrogen-bond donors (Lipinski definition) is 1. The van der Waals surface area contributed by atoms with E-state index in [9.17, 15) is 9.18 Å². The molecule has 0 aromatic heterocycles. The molecule has 0 aliphatic carbocycles. The van der Waals surface area contributed by atoms with Gasteiger partial charge in [-0.1, -0.05) is 13.0 Å². The third-order valence-corrected chi connectivity index (χ3v) is 2.66. The molecule has 1 aromatic carbocycles. The lowest BCUT2D eigenvalue weighted by Crippen LogP contribution is -2.32. The van der Waals surface area contributed by atoms with Crippen molar-refractivity contribution in [3.8, 4) is 0 Å². The number of halogens is 1. The molecule has 1 amide bonds. The SMILES string of the molecule is CCN(C(=O)CC(C)CN)c1cccc(F)c1. The third-order valence-electron chi connectivity index (χ3n) is 2.66. The summed E-state index contributed by atoms with van der Waals surface area (Å²) in [6, 6.07) is 6.07. The smallest absolute Gasteiger partial charge is 0.227 e. The molecular formula is C13H19FN2O. The Kier molecular flexibility index (Phi) is 5.10. The van der Waals surface area contributed by atoms with E-state index in [0.717, 1.165) is 0 Å². The predicted octanol–water partition coefficient (Wildman–Crippen LogP) is 2.16. The maximum atomic E-state index is 13.1. The molecule has 0 saturated carbocycles. The second-order valence-electron chi connectivity index (χ2n) is 4.16. The van der Waals surface area contributed by atoms with Crippen molar-refractivity contribution < 1.29 is 9.18 Å². The predicted molar refractivity (Wildman–Crippen MR) is 67.3 cm³/mol. The van der Waals surface area contributed by atoms with Gasteiger partial charge in [0.25, 0.3) is 0 Å². The summed E-state index contributed by atoms with van der Waals surface area (Å²) in [5.74, 6) is -0.207. The molecule has 1 atom stereocenters. The Morgan fingerprint density at radius 2 is 2.24 bits per heavy atom. The van der Waals surface area contributed by atoms with Gasteiger partial charge in [-0.05, 0) is 37.6 Å². The highest BCUT2D eigenvalue weighted by atomic mass is 19.1. The van der Waals surface area contributed by atoms with Gasteiger partial charge in [0.15, 0.2) is 0 Å². The lowest BCUT2D eigenvalue weighted by molar-refractivity contribution is -0.119. The quantitative estimate of drug-likeness (QED) is 0.854. The van der Waals surface area contributed by atoms with Crippen molar-refractivity contribution in [2.24, 2.45) is 11.7 Å². The van der Waals surface area contributed by atoms with Crippen LogP contribution >= 0.6 is 0 Å². The first-order valence-corrected chi connectivity index (χ1v) is 5.84. The molecule has 2 N–H and O–H groups in total. The van der Waals surface area contributed by atoms with Gasteiger partial charge in [0.05, 0.1) is 0 Å². The lowest BCUT2D eigenvalue weighted by atomic mass is 10.1. The van der Waals surface area contributed by atoms with Crippen LogP contribution in [0.2, 0.25) is 0 Å². The Morgan fingerprint density at radius 3 is 2.76 bits per heavy atom. The molecule has 0 fully saturated rings. The molecule has 4 heteroatoms. The highest BCUT2D eigenvalue weighted by molar-refractivity contribution is 5.93. The minimum Gasteiger partial charge on any atom is -0.330 e. The van der Waals surface area contributed by atoms with Crippen molar-refractivity contribution >= 4 is 11.6 Å². The highest BCUT2D eigenvalue weighted by Crippen LogP contribution is 2.17. The number of nitrogens with two attached hydrogens (primary N) is 1.